The Morgan fingerprint density at radius 2 is 0.797 bits per heavy atom. The second-order valence-corrected chi connectivity index (χ2v) is 44.9. The number of β-amino-alcohol motifs (C(OH)–C–C–N with tert-alkyl or cyclic N) is 3. The fraction of sp³-hybridized carbons (Fsp3) is 0.561. The third kappa shape index (κ3) is 25.8. The molecule has 8 aromatic rings. The van der Waals surface area contributed by atoms with Crippen molar-refractivity contribution in [2.45, 2.75) is 155 Å². The number of carboxylic acids is 1. The van der Waals surface area contributed by atoms with Gasteiger partial charge >= 0.3 is 5.97 Å². The predicted octanol–water partition coefficient (Wildman–Crippen LogP) is 17.7. The minimum atomic E-state index is -2.36. The van der Waals surface area contributed by atoms with Gasteiger partial charge in [0.25, 0.3) is 0 Å². The Kier molecular flexibility index (Phi) is 35.1. The highest BCUT2D eigenvalue weighted by molar-refractivity contribution is 9.11. The number of anilines is 8. The molecule has 9 atom stereocenters. The number of carboxylic acid groups (broad SMARTS) is 1. The topological polar surface area (TPSA) is 316 Å². The number of aliphatic hydroxyl groups excluding tert-OH is 3. The van der Waals surface area contributed by atoms with Crippen LogP contribution >= 0.6 is 89.9 Å². The molecule has 1 unspecified atom stereocenters. The van der Waals surface area contributed by atoms with Crippen molar-refractivity contribution in [2.75, 3.05) is 191 Å². The second-order valence-electron chi connectivity index (χ2n) is 38.6. The molecule has 1 saturated carbocycles. The molecular formula is C98H130Br2Cl5N21O6S. The fourth-order valence-electron chi connectivity index (χ4n) is 20.3. The summed E-state index contributed by atoms with van der Waals surface area (Å²) in [6.45, 7) is 35.5. The maximum atomic E-state index is 12.2. The lowest BCUT2D eigenvalue weighted by Crippen LogP contribution is -2.58. The van der Waals surface area contributed by atoms with E-state index < -0.39 is 20.9 Å². The van der Waals surface area contributed by atoms with Crippen LogP contribution in [-0.4, -0.2) is 252 Å². The van der Waals surface area contributed by atoms with Crippen molar-refractivity contribution >= 4 is 158 Å². The van der Waals surface area contributed by atoms with Crippen molar-refractivity contribution in [1.82, 2.24) is 59.5 Å². The number of halogens is 7. The van der Waals surface area contributed by atoms with Crippen LogP contribution in [0.15, 0.2) is 111 Å². The van der Waals surface area contributed by atoms with Gasteiger partial charge in [-0.05, 0) is 310 Å². The summed E-state index contributed by atoms with van der Waals surface area (Å²) in [6, 6.07) is 26.0. The molecule has 17 rings (SSSR count). The third-order valence-electron chi connectivity index (χ3n) is 28.5. The summed E-state index contributed by atoms with van der Waals surface area (Å²) in [4.78, 5) is 67.7. The first-order valence-electron chi connectivity index (χ1n) is 47.0. The zero-order chi connectivity index (χ0) is 94.7. The van der Waals surface area contributed by atoms with Crippen LogP contribution in [-0.2, 0) is 14.3 Å². The highest BCUT2D eigenvalue weighted by Crippen LogP contribution is 2.47. The number of nitrogens with zero attached hydrogens (tertiary/aromatic N) is 17. The molecule has 35 heteroatoms. The van der Waals surface area contributed by atoms with Gasteiger partial charge in [-0.25, -0.2) is 19.9 Å². The molecule has 9 fully saturated rings. The van der Waals surface area contributed by atoms with E-state index in [0.29, 0.717) is 97.4 Å². The van der Waals surface area contributed by atoms with Crippen molar-refractivity contribution in [2.24, 2.45) is 52.8 Å². The van der Waals surface area contributed by atoms with Gasteiger partial charge in [-0.3, -0.25) is 9.00 Å². The van der Waals surface area contributed by atoms with Crippen molar-refractivity contribution in [3.05, 3.63) is 176 Å². The molecule has 9 aliphatic rings. The molecule has 133 heavy (non-hydrogen) atoms. The molecule has 4 aromatic carbocycles. The zero-order valence-electron chi connectivity index (χ0n) is 77.8. The van der Waals surface area contributed by atoms with Gasteiger partial charge in [0.2, 0.25) is 23.8 Å². The van der Waals surface area contributed by atoms with Gasteiger partial charge in [0.05, 0.1) is 70.7 Å². The molecule has 0 radical (unpaired) electrons. The normalized spacial score (nSPS) is 23.0. The summed E-state index contributed by atoms with van der Waals surface area (Å²) in [7, 11) is -2.36. The zero-order valence-corrected chi connectivity index (χ0v) is 85.6. The molecule has 8 aliphatic heterocycles. The van der Waals surface area contributed by atoms with Gasteiger partial charge in [-0.1, -0.05) is 100 Å². The average molecular weight is 2070 g/mol. The number of nitriles is 1. The first kappa shape index (κ1) is 102. The Morgan fingerprint density at radius 1 is 0.474 bits per heavy atom. The second kappa shape index (κ2) is 46.0. The van der Waals surface area contributed by atoms with E-state index in [0.717, 1.165) is 224 Å². The number of hydrogen-bond acceptors (Lipinski definition) is 26. The Balaban J connectivity index is 0.000000143. The van der Waals surface area contributed by atoms with Gasteiger partial charge in [-0.2, -0.15) is 25.2 Å². The number of aryl methyl sites for hydroxylation is 3. The van der Waals surface area contributed by atoms with Gasteiger partial charge in [-0.15, -0.1) is 0 Å². The van der Waals surface area contributed by atoms with Gasteiger partial charge < -0.3 is 80.9 Å². The number of likely N-dealkylation sites (tertiary alicyclic amines) is 4. The highest BCUT2D eigenvalue weighted by atomic mass is 79.9. The summed E-state index contributed by atoms with van der Waals surface area (Å²) in [6.07, 6.45) is 19.9. The van der Waals surface area contributed by atoms with E-state index >= 15 is 0 Å². The number of aliphatic hydroxyl groups is 3. The van der Waals surface area contributed by atoms with E-state index in [9.17, 15) is 34.7 Å². The number of piperidine rings is 4. The summed E-state index contributed by atoms with van der Waals surface area (Å²) >= 11 is 39.4. The van der Waals surface area contributed by atoms with Crippen LogP contribution in [0.25, 0.3) is 0 Å². The molecule has 0 amide bonds. The Hall–Kier alpha value is -7.29. The fourth-order valence-corrected chi connectivity index (χ4v) is 23.4. The van der Waals surface area contributed by atoms with Crippen LogP contribution in [0.4, 0.5) is 47.1 Å². The number of hydrogen-bond donors (Lipinski definition) is 8. The van der Waals surface area contributed by atoms with Crippen LogP contribution in [0, 0.1) is 84.9 Å². The van der Waals surface area contributed by atoms with E-state index in [2.05, 4.69) is 180 Å². The quantitative estimate of drug-likeness (QED) is 0.0202. The molecule has 718 valence electrons. The van der Waals surface area contributed by atoms with E-state index in [1.807, 2.05) is 77.3 Å². The molecule has 8 saturated heterocycles. The Labute approximate surface area is 827 Å². The minimum Gasteiger partial charge on any atom is -0.481 e. The summed E-state index contributed by atoms with van der Waals surface area (Å²) in [5, 5.41) is 63.7. The van der Waals surface area contributed by atoms with Crippen LogP contribution in [0.1, 0.15) is 168 Å². The lowest BCUT2D eigenvalue weighted by Gasteiger charge is -2.52. The van der Waals surface area contributed by atoms with E-state index in [1.54, 1.807) is 30.8 Å². The van der Waals surface area contributed by atoms with E-state index in [-0.39, 0.29) is 44.0 Å². The van der Waals surface area contributed by atoms with Crippen molar-refractivity contribution in [1.29, 1.82) is 5.26 Å². The van der Waals surface area contributed by atoms with Gasteiger partial charge in [0.15, 0.2) is 5.82 Å². The average Bonchev–Trinajstić information content (AvgIpc) is 0.759. The predicted molar refractivity (Wildman–Crippen MR) is 545 cm³/mol. The lowest BCUT2D eigenvalue weighted by molar-refractivity contribution is -0.158. The highest BCUT2D eigenvalue weighted by Gasteiger charge is 2.50. The minimum absolute atomic E-state index is 0.00370. The monoisotopic (exact) mass is 2060 g/mol. The number of carbonyl (C=O) groups is 1. The van der Waals surface area contributed by atoms with E-state index in [4.69, 9.17) is 73.0 Å². The summed E-state index contributed by atoms with van der Waals surface area (Å²) in [5.41, 5.74) is 7.17. The smallest absolute Gasteiger partial charge is 0.309 e. The molecule has 1 aliphatic carbocycles. The molecule has 4 aromatic heterocycles. The molecule has 0 spiro atoms. The number of nitrogens with one attached hydrogen (secondary N) is 4. The first-order valence-corrected chi connectivity index (χ1v) is 52.6. The molecule has 12 heterocycles. The van der Waals surface area contributed by atoms with Gasteiger partial charge in [0.1, 0.15) is 34.1 Å². The van der Waals surface area contributed by atoms with Crippen molar-refractivity contribution in [3.63, 3.8) is 0 Å². The summed E-state index contributed by atoms with van der Waals surface area (Å²) in [5.74, 6) is 13.8. The third-order valence-corrected chi connectivity index (χ3v) is 32.5. The number of rotatable bonds is 29. The van der Waals surface area contributed by atoms with Crippen molar-refractivity contribution in [3.8, 4) is 6.07 Å². The maximum Gasteiger partial charge on any atom is 0.309 e. The Bertz CT molecular complexity index is 5320. The lowest BCUT2D eigenvalue weighted by atomic mass is 9.65. The van der Waals surface area contributed by atoms with Crippen LogP contribution < -0.4 is 40.9 Å². The van der Waals surface area contributed by atoms with E-state index in [1.165, 1.54) is 51.4 Å². The standard InChI is InChI=1S/C27H35BrClN5O2.C25H33ClN6O2S.C23H31BrClN5O.C23H31Cl2N5O/c1-16-6-7-21(23(29)9-16)17(2)31-24-22(28)12-30-26(32-24)34-14-19(15-34)18-5-4-8-33(13-18)20-10-27(3,11-20)25(35)36;1-17(22-7-6-21(11-23(22)26)35(2,3)34)29-24-19(12-27)13-28-25(30-24)32-15-20(16-32)18-5-4-8-31(14-18)9-10-33;1-15-5-6-19(21(25)10-15)16(2)27-22-20(24)11-26-23(28-22)30-13-18(14-30)17-4-3-7-29(12-17)8-9-31;1-15-5-6-19(20(24)10-15)16(2)27-22-21(25)11-26-23(28-22)30-13-18(14-30)17-4-3-7-29(12-17)8-9-31/h6-7,9,12,17-20H,4-5,8,10-11,13-15H2,1-3H3,(H,35,36)(H,30,31,32);6-7,11,13,17-18,20,33H,2,4-5,8-10,14-16H2,1,3H3,(H,28,29,30);2*5-6,10-11,16-18,31H,3-4,7-9,12-14H2,1-2H3,(H,26,27,28)/t17-,18+,20?,27?;17-,18+,35?;2*16-,17+/m1111/s1. The molecule has 8 N–H and O–H groups in total. The first-order chi connectivity index (χ1) is 63.7. The van der Waals surface area contributed by atoms with Crippen LogP contribution in [0.5, 0.6) is 0 Å². The number of aliphatic carboxylic acids is 1. The Morgan fingerprint density at radius 3 is 1.15 bits per heavy atom. The number of aromatic nitrogens is 8. The molecule has 27 nitrogen and oxygen atoms in total. The molecule has 0 bridgehead atoms. The number of benzene rings is 4. The maximum absolute atomic E-state index is 12.2. The van der Waals surface area contributed by atoms with Crippen LogP contribution in [0.2, 0.25) is 25.1 Å². The van der Waals surface area contributed by atoms with Crippen molar-refractivity contribution < 1.29 is 29.4 Å². The summed E-state index contributed by atoms with van der Waals surface area (Å²) < 4.78 is 13.9. The van der Waals surface area contributed by atoms with Gasteiger partial charge in [0, 0.05) is 148 Å². The largest absolute Gasteiger partial charge is 0.481 e. The molecular weight excluding hydrogens is 1940 g/mol. The SMILES string of the molecule is C=S(C)(=O)c1ccc([C@@H](C)Nc2nc(N3CC([C@H]4CCCN(CCO)C4)C3)ncc2C#N)c(Cl)c1.Cc1ccc([C@@H](C)Nc2nc(N3CC([C@H]4CCCN(C5CC(C)(C(=O)O)C5)C4)C3)ncc2Br)c(Cl)c1.Cc1ccc([C@@H](C)Nc2nc(N3CC([C@H]4CCCN(CCO)C4)C3)ncc2Br)c(Cl)c1.Cc1ccc([C@@H](C)Nc2nc(N3CC([C@H]4CCCN(CCO)C4)C3)ncc2Cl)c(Cl)c1. The van der Waals surface area contributed by atoms with Crippen LogP contribution in [0.3, 0.4) is 0 Å².